The highest BCUT2D eigenvalue weighted by Crippen LogP contribution is 2.24. The van der Waals surface area contributed by atoms with Crippen LogP contribution in [-0.2, 0) is 6.54 Å². The molecule has 0 spiro atoms. The Morgan fingerprint density at radius 1 is 1.44 bits per heavy atom. The lowest BCUT2D eigenvalue weighted by Gasteiger charge is -2.28. The van der Waals surface area contributed by atoms with Crippen LogP contribution in [-0.4, -0.2) is 11.0 Å². The maximum atomic E-state index is 10.6. The molecule has 0 saturated heterocycles. The molecule has 1 aromatic carbocycles. The monoisotopic (exact) mass is 314 g/mol. The van der Waals surface area contributed by atoms with Crippen molar-refractivity contribution in [3.8, 4) is 0 Å². The van der Waals surface area contributed by atoms with Gasteiger partial charge in [0.25, 0.3) is 5.69 Å². The van der Waals surface area contributed by atoms with E-state index in [1.807, 2.05) is 0 Å². The van der Waals surface area contributed by atoms with Gasteiger partial charge in [-0.2, -0.15) is 0 Å². The first-order valence-corrected chi connectivity index (χ1v) is 6.67. The maximum absolute atomic E-state index is 10.6. The van der Waals surface area contributed by atoms with Crippen LogP contribution >= 0.6 is 15.9 Å². The molecule has 0 saturated carbocycles. The van der Waals surface area contributed by atoms with Gasteiger partial charge in [0.05, 0.1) is 4.92 Å². The molecule has 0 aliphatic heterocycles. The largest absolute Gasteiger partial charge is 0.310 e. The molecule has 1 aromatic rings. The van der Waals surface area contributed by atoms with E-state index in [4.69, 9.17) is 0 Å². The molecule has 0 amide bonds. The van der Waals surface area contributed by atoms with Crippen molar-refractivity contribution in [3.05, 3.63) is 38.3 Å². The van der Waals surface area contributed by atoms with Gasteiger partial charge in [0.15, 0.2) is 0 Å². The van der Waals surface area contributed by atoms with Crippen molar-refractivity contribution in [2.45, 2.75) is 40.3 Å². The van der Waals surface area contributed by atoms with Crippen molar-refractivity contribution in [1.82, 2.24) is 5.32 Å². The number of hydrogen-bond acceptors (Lipinski definition) is 3. The van der Waals surface area contributed by atoms with Crippen molar-refractivity contribution >= 4 is 21.6 Å². The first-order valence-electron chi connectivity index (χ1n) is 5.88. The van der Waals surface area contributed by atoms with E-state index < -0.39 is 0 Å². The van der Waals surface area contributed by atoms with Gasteiger partial charge in [-0.15, -0.1) is 0 Å². The third-order valence-electron chi connectivity index (χ3n) is 3.15. The Kier molecular flexibility index (Phi) is 4.87. The molecule has 5 heteroatoms. The summed E-state index contributed by atoms with van der Waals surface area (Å²) in [7, 11) is 0. The lowest BCUT2D eigenvalue weighted by molar-refractivity contribution is -0.384. The molecular weight excluding hydrogens is 296 g/mol. The number of rotatable bonds is 4. The Balaban J connectivity index is 2.72. The predicted molar refractivity (Wildman–Crippen MR) is 76.6 cm³/mol. The number of halogens is 1. The number of nitro groups is 1. The van der Waals surface area contributed by atoms with E-state index in [-0.39, 0.29) is 16.0 Å². The molecule has 1 rings (SSSR count). The van der Waals surface area contributed by atoms with Gasteiger partial charge in [-0.3, -0.25) is 10.1 Å². The molecule has 4 nitrogen and oxygen atoms in total. The zero-order valence-electron chi connectivity index (χ0n) is 11.2. The summed E-state index contributed by atoms with van der Waals surface area (Å²) in [6, 6.07) is 5.21. The molecule has 1 N–H and O–H groups in total. The van der Waals surface area contributed by atoms with E-state index in [0.29, 0.717) is 12.6 Å². The second-order valence-electron chi connectivity index (χ2n) is 5.50. The quantitative estimate of drug-likeness (QED) is 0.677. The molecule has 0 fully saturated rings. The summed E-state index contributed by atoms with van der Waals surface area (Å²) in [4.78, 5) is 10.2. The van der Waals surface area contributed by atoms with Gasteiger partial charge in [-0.1, -0.05) is 36.7 Å². The summed E-state index contributed by atoms with van der Waals surface area (Å²) in [6.07, 6.45) is 0. The van der Waals surface area contributed by atoms with Crippen LogP contribution in [0.1, 0.15) is 33.3 Å². The second-order valence-corrected chi connectivity index (χ2v) is 6.36. The minimum absolute atomic E-state index is 0.106. The summed E-state index contributed by atoms with van der Waals surface area (Å²) in [5.74, 6) is 0. The Hall–Kier alpha value is -0.940. The Bertz CT molecular complexity index is 441. The first-order chi connectivity index (χ1) is 8.21. The van der Waals surface area contributed by atoms with Crippen LogP contribution in [0.2, 0.25) is 0 Å². The van der Waals surface area contributed by atoms with Gasteiger partial charge in [0.2, 0.25) is 0 Å². The molecular formula is C13H19BrN2O2. The average molecular weight is 315 g/mol. The average Bonchev–Trinajstić information content (AvgIpc) is 2.25. The highest BCUT2D eigenvalue weighted by atomic mass is 79.9. The van der Waals surface area contributed by atoms with Crippen molar-refractivity contribution in [2.24, 2.45) is 5.41 Å². The SMILES string of the molecule is CC(NCc1ccc([N+](=O)[O-])cc1Br)C(C)(C)C. The van der Waals surface area contributed by atoms with Crippen molar-refractivity contribution in [3.63, 3.8) is 0 Å². The van der Waals surface area contributed by atoms with E-state index in [1.165, 1.54) is 6.07 Å². The van der Waals surface area contributed by atoms with Gasteiger partial charge < -0.3 is 5.32 Å². The smallest absolute Gasteiger partial charge is 0.270 e. The van der Waals surface area contributed by atoms with Gasteiger partial charge in [0, 0.05) is 29.2 Å². The van der Waals surface area contributed by atoms with Crippen molar-refractivity contribution in [2.75, 3.05) is 0 Å². The van der Waals surface area contributed by atoms with Gasteiger partial charge in [-0.05, 0) is 24.0 Å². The summed E-state index contributed by atoms with van der Waals surface area (Å²) in [5, 5.41) is 14.1. The van der Waals surface area contributed by atoms with E-state index in [2.05, 4.69) is 48.9 Å². The predicted octanol–water partition coefficient (Wildman–Crippen LogP) is 3.88. The zero-order valence-corrected chi connectivity index (χ0v) is 12.7. The van der Waals surface area contributed by atoms with Gasteiger partial charge >= 0.3 is 0 Å². The van der Waals surface area contributed by atoms with E-state index >= 15 is 0 Å². The fourth-order valence-electron chi connectivity index (χ4n) is 1.36. The number of hydrogen-bond donors (Lipinski definition) is 1. The second kappa shape index (κ2) is 5.80. The molecule has 1 unspecified atom stereocenters. The number of benzene rings is 1. The molecule has 0 bridgehead atoms. The minimum atomic E-state index is -0.389. The summed E-state index contributed by atoms with van der Waals surface area (Å²) in [5.41, 5.74) is 1.32. The summed E-state index contributed by atoms with van der Waals surface area (Å²) >= 11 is 3.37. The molecule has 0 heterocycles. The molecule has 0 aliphatic carbocycles. The highest BCUT2D eigenvalue weighted by molar-refractivity contribution is 9.10. The fourth-order valence-corrected chi connectivity index (χ4v) is 1.87. The van der Waals surface area contributed by atoms with Crippen LogP contribution in [0.4, 0.5) is 5.69 Å². The highest BCUT2D eigenvalue weighted by Gasteiger charge is 2.19. The normalized spacial score (nSPS) is 13.4. The van der Waals surface area contributed by atoms with Gasteiger partial charge in [0.1, 0.15) is 0 Å². The van der Waals surface area contributed by atoms with Crippen molar-refractivity contribution in [1.29, 1.82) is 0 Å². The standard InChI is InChI=1S/C13H19BrN2O2/c1-9(13(2,3)4)15-8-10-5-6-11(16(17)18)7-12(10)14/h5-7,9,15H,8H2,1-4H3. The molecule has 0 aliphatic rings. The summed E-state index contributed by atoms with van der Waals surface area (Å²) < 4.78 is 0.769. The molecule has 18 heavy (non-hydrogen) atoms. The van der Waals surface area contributed by atoms with Gasteiger partial charge in [-0.25, -0.2) is 0 Å². The minimum Gasteiger partial charge on any atom is -0.310 e. The van der Waals surface area contributed by atoms with Crippen LogP contribution < -0.4 is 5.32 Å². The molecule has 0 aromatic heterocycles. The van der Waals surface area contributed by atoms with Crippen LogP contribution in [0.15, 0.2) is 22.7 Å². The van der Waals surface area contributed by atoms with Crippen LogP contribution in [0.5, 0.6) is 0 Å². The first kappa shape index (κ1) is 15.1. The zero-order chi connectivity index (χ0) is 13.9. The van der Waals surface area contributed by atoms with Crippen LogP contribution in [0.3, 0.4) is 0 Å². The van der Waals surface area contributed by atoms with Crippen LogP contribution in [0, 0.1) is 15.5 Å². The van der Waals surface area contributed by atoms with E-state index in [1.54, 1.807) is 12.1 Å². The molecule has 1 atom stereocenters. The number of nitrogens with one attached hydrogen (secondary N) is 1. The van der Waals surface area contributed by atoms with E-state index in [0.717, 1.165) is 10.0 Å². The molecule has 0 radical (unpaired) electrons. The number of nitrogens with zero attached hydrogens (tertiary/aromatic N) is 1. The number of nitro benzene ring substituents is 1. The fraction of sp³-hybridized carbons (Fsp3) is 0.538. The lowest BCUT2D eigenvalue weighted by Crippen LogP contribution is -2.37. The number of non-ortho nitro benzene ring substituents is 1. The van der Waals surface area contributed by atoms with E-state index in [9.17, 15) is 10.1 Å². The maximum Gasteiger partial charge on any atom is 0.270 e. The molecule has 100 valence electrons. The third kappa shape index (κ3) is 4.07. The summed E-state index contributed by atoms with van der Waals surface area (Å²) in [6.45, 7) is 9.36. The lowest BCUT2D eigenvalue weighted by atomic mass is 9.88. The van der Waals surface area contributed by atoms with Crippen LogP contribution in [0.25, 0.3) is 0 Å². The Morgan fingerprint density at radius 2 is 2.06 bits per heavy atom. The third-order valence-corrected chi connectivity index (χ3v) is 3.88. The Labute approximate surface area is 116 Å². The Morgan fingerprint density at radius 3 is 2.50 bits per heavy atom. The topological polar surface area (TPSA) is 55.2 Å². The van der Waals surface area contributed by atoms with Crippen molar-refractivity contribution < 1.29 is 4.92 Å².